The first-order valence-electron chi connectivity index (χ1n) is 5.00. The van der Waals surface area contributed by atoms with Gasteiger partial charge in [-0.2, -0.15) is 0 Å². The van der Waals surface area contributed by atoms with E-state index in [9.17, 15) is 0 Å². The number of rotatable bonds is 0. The van der Waals surface area contributed by atoms with Crippen molar-refractivity contribution in [3.05, 3.63) is 0 Å². The average molecular weight is 263 g/mol. The van der Waals surface area contributed by atoms with Gasteiger partial charge >= 0.3 is 0 Å². The molecule has 0 radical (unpaired) electrons. The molecular weight excluding hydrogens is 204 g/mol. The second-order valence-corrected chi connectivity index (χ2v) is 0. The fraction of sp³-hybridized carbons (Fsp3) is 1.00. The van der Waals surface area contributed by atoms with Crippen molar-refractivity contribution in [1.82, 2.24) is 0 Å². The largest absolute Gasteiger partial charge is 0.0776 e. The van der Waals surface area contributed by atoms with Crippen molar-refractivity contribution in [2.75, 3.05) is 0 Å². The molecule has 0 saturated heterocycles. The second-order valence-electron chi connectivity index (χ2n) is 0. The van der Waals surface area contributed by atoms with Crippen LogP contribution >= 0.6 is 0 Å². The van der Waals surface area contributed by atoms with E-state index in [0.717, 1.165) is 0 Å². The van der Waals surface area contributed by atoms with Gasteiger partial charge in [0.15, 0.2) is 0 Å². The van der Waals surface area contributed by atoms with Crippen molar-refractivity contribution in [2.24, 2.45) is 0 Å². The lowest BCUT2D eigenvalue weighted by molar-refractivity contribution is 1.50. The maximum atomic E-state index is 2.00. The molecule has 0 heterocycles. The molecule has 0 aliphatic rings. The lowest BCUT2D eigenvalue weighted by Crippen LogP contribution is -0.856. The van der Waals surface area contributed by atoms with Gasteiger partial charge in [0.2, 0.25) is 0 Å². The Kier molecular flexibility index (Phi) is 0. The van der Waals surface area contributed by atoms with E-state index < -0.39 is 0 Å². The Balaban J connectivity index is -0.00000000167. The van der Waals surface area contributed by atoms with Gasteiger partial charge in [0.05, 0.1) is 0 Å². The van der Waals surface area contributed by atoms with Crippen LogP contribution in [0.1, 0.15) is 121 Å². The summed E-state index contributed by atoms with van der Waals surface area (Å²) in [6, 6.07) is 0. The Morgan fingerprint density at radius 2 is 0.176 bits per heavy atom. The van der Waals surface area contributed by atoms with Crippen LogP contribution in [0, 0.1) is 0 Å². The molecule has 0 aliphatic heterocycles. The smallest absolute Gasteiger partial charge is 0.0683 e. The van der Waals surface area contributed by atoms with E-state index in [1.165, 1.54) is 0 Å². The van der Waals surface area contributed by atoms with E-state index >= 15 is 0 Å². The molecule has 0 aromatic rings. The minimum absolute atomic E-state index is 0. The van der Waals surface area contributed by atoms with E-state index in [1.54, 1.807) is 0 Å². The van der Waals surface area contributed by atoms with Gasteiger partial charge in [-0.3, -0.25) is 0 Å². The van der Waals surface area contributed by atoms with Crippen LogP contribution in [-0.4, -0.2) is 0 Å². The summed E-state index contributed by atoms with van der Waals surface area (Å²) in [5.74, 6) is 0. The third kappa shape index (κ3) is 0. The first-order valence-corrected chi connectivity index (χ1v) is 5.00. The van der Waals surface area contributed by atoms with Crippen LogP contribution in [0.5, 0.6) is 0 Å². The highest BCUT2D eigenvalue weighted by atomic mass is 13.0. The Bertz CT molecular complexity index is 0. The maximum Gasteiger partial charge on any atom is -0.0683 e. The molecule has 0 spiro atoms. The summed E-state index contributed by atoms with van der Waals surface area (Å²) in [7, 11) is 0. The van der Waals surface area contributed by atoms with E-state index in [-0.39, 0.29) is 52.0 Å². The Morgan fingerprint density at radius 1 is 0.176 bits per heavy atom. The topological polar surface area (TPSA) is 0 Å². The van der Waals surface area contributed by atoms with E-state index in [1.807, 2.05) is 69.2 Å². The monoisotopic (exact) mass is 262 g/mol. The summed E-state index contributed by atoms with van der Waals surface area (Å²) in [6.45, 7) is 20.0. The molecule has 0 bridgehead atoms. The maximum absolute atomic E-state index is 2.00. The van der Waals surface area contributed by atoms with Crippen molar-refractivity contribution in [3.8, 4) is 0 Å². The minimum Gasteiger partial charge on any atom is -0.0776 e. The first kappa shape index (κ1) is 174. The van der Waals surface area contributed by atoms with Gasteiger partial charge in [-0.15, -0.1) is 0 Å². The molecular formula is C17H58. The molecule has 0 nitrogen and oxygen atoms in total. The third-order valence-electron chi connectivity index (χ3n) is 0. The van der Waals surface area contributed by atoms with Crippen LogP contribution in [0.15, 0.2) is 0 Å². The third-order valence-corrected chi connectivity index (χ3v) is 0. The van der Waals surface area contributed by atoms with Gasteiger partial charge in [0.1, 0.15) is 0 Å². The summed E-state index contributed by atoms with van der Waals surface area (Å²) in [6.07, 6.45) is 0. The van der Waals surface area contributed by atoms with Crippen LogP contribution in [0.25, 0.3) is 0 Å². The fourth-order valence-corrected chi connectivity index (χ4v) is 0. The van der Waals surface area contributed by atoms with E-state index in [4.69, 9.17) is 0 Å². The first-order chi connectivity index (χ1) is 5.00. The van der Waals surface area contributed by atoms with Crippen molar-refractivity contribution >= 4 is 0 Å². The van der Waals surface area contributed by atoms with Crippen molar-refractivity contribution < 1.29 is 0 Å². The van der Waals surface area contributed by atoms with Gasteiger partial charge in [0, 0.05) is 0 Å². The van der Waals surface area contributed by atoms with Crippen LogP contribution in [0.3, 0.4) is 0 Å². The Hall–Kier alpha value is 0. The second kappa shape index (κ2) is 0. The van der Waals surface area contributed by atoms with Gasteiger partial charge in [0.25, 0.3) is 0 Å². The summed E-state index contributed by atoms with van der Waals surface area (Å²) >= 11 is 0. The van der Waals surface area contributed by atoms with Gasteiger partial charge < -0.3 is 0 Å². The quantitative estimate of drug-likeness (QED) is 0.407. The van der Waals surface area contributed by atoms with Gasteiger partial charge in [-0.25, -0.2) is 0 Å². The Morgan fingerprint density at radius 3 is 0.176 bits per heavy atom. The highest BCUT2D eigenvalue weighted by Crippen LogP contribution is 1.15. The van der Waals surface area contributed by atoms with Crippen LogP contribution < -0.4 is 0 Å². The van der Waals surface area contributed by atoms with Crippen molar-refractivity contribution in [3.63, 3.8) is 0 Å². The molecule has 0 amide bonds. The van der Waals surface area contributed by atoms with Crippen molar-refractivity contribution in [1.29, 1.82) is 0 Å². The van der Waals surface area contributed by atoms with E-state index in [0.29, 0.717) is 0 Å². The molecule has 0 saturated carbocycles. The number of hydrogen-bond donors (Lipinski definition) is 0. The molecule has 17 heavy (non-hydrogen) atoms. The highest BCUT2D eigenvalue weighted by Gasteiger charge is 0.940. The van der Waals surface area contributed by atoms with Crippen LogP contribution in [-0.2, 0) is 0 Å². The van der Waals surface area contributed by atoms with Gasteiger partial charge in [-0.1, -0.05) is 121 Å². The molecule has 126 valence electrons. The average Bonchev–Trinajstić information content (AvgIpc) is 2.20. The molecule has 0 atom stereocenters. The summed E-state index contributed by atoms with van der Waals surface area (Å²) in [5, 5.41) is 0. The number of hydrogen-bond acceptors (Lipinski definition) is 0. The standard InChI is InChI=1S/5C2H6.7CH4/c5*1-2;;;;;;;/h5*1-2H3;7*1H4. The zero-order valence-electron chi connectivity index (χ0n) is 10.0. The molecule has 0 aromatic carbocycles. The summed E-state index contributed by atoms with van der Waals surface area (Å²) < 4.78 is 0. The van der Waals surface area contributed by atoms with Crippen molar-refractivity contribution in [2.45, 2.75) is 121 Å². The minimum atomic E-state index is 0. The zero-order valence-corrected chi connectivity index (χ0v) is 10.0. The molecule has 0 aliphatic carbocycles. The molecule has 0 N–H and O–H groups in total. The highest BCUT2D eigenvalue weighted by molar-refractivity contribution is 3.51. The fourth-order valence-electron chi connectivity index (χ4n) is 0. The lowest BCUT2D eigenvalue weighted by atomic mass is 11.0. The molecule has 0 fully saturated rings. The summed E-state index contributed by atoms with van der Waals surface area (Å²) in [4.78, 5) is 0. The van der Waals surface area contributed by atoms with Crippen LogP contribution in [0.4, 0.5) is 0 Å². The van der Waals surface area contributed by atoms with Crippen LogP contribution in [0.2, 0.25) is 0 Å². The SMILES string of the molecule is C.C.C.C.C.C.C.CC.CC.CC.CC.CC. The molecule has 0 heteroatoms. The molecule has 0 rings (SSSR count). The predicted molar refractivity (Wildman–Crippen MR) is 104 cm³/mol. The van der Waals surface area contributed by atoms with E-state index in [2.05, 4.69) is 0 Å². The van der Waals surface area contributed by atoms with Gasteiger partial charge in [-0.05, 0) is 0 Å². The predicted octanol–water partition coefficient (Wildman–Crippen LogP) is 9.58. The Labute approximate surface area is 122 Å². The molecule has 0 aromatic heterocycles. The zero-order chi connectivity index (χ0) is 10.0. The normalized spacial score (nSPS) is 1.76. The summed E-state index contributed by atoms with van der Waals surface area (Å²) in [5.41, 5.74) is 0. The lowest BCUT2D eigenvalue weighted by Gasteiger charge is -1.07. The molecule has 0 unspecified atom stereocenters.